The van der Waals surface area contributed by atoms with E-state index in [1.807, 2.05) is 0 Å². The summed E-state index contributed by atoms with van der Waals surface area (Å²) in [7, 11) is 0. The number of nitrogens with zero attached hydrogens (tertiary/aromatic N) is 2. The summed E-state index contributed by atoms with van der Waals surface area (Å²) in [5.41, 5.74) is 0.901. The van der Waals surface area contributed by atoms with Crippen molar-refractivity contribution < 1.29 is 4.39 Å². The minimum Gasteiger partial charge on any atom is -0.314 e. The van der Waals surface area contributed by atoms with Gasteiger partial charge in [-0.25, -0.2) is 9.37 Å². The van der Waals surface area contributed by atoms with E-state index in [4.69, 9.17) is 0 Å². The molecule has 96 valence electrons. The Hall–Kier alpha value is -1.04. The summed E-state index contributed by atoms with van der Waals surface area (Å²) in [5, 5.41) is 4.43. The number of fused-ring (bicyclic) bond motifs is 1. The molecule has 1 atom stereocenters. The van der Waals surface area contributed by atoms with Crippen LogP contribution < -0.4 is 5.32 Å². The van der Waals surface area contributed by atoms with Gasteiger partial charge in [0.05, 0.1) is 16.3 Å². The molecule has 1 saturated heterocycles. The Labute approximate surface area is 110 Å². The molecule has 0 aliphatic carbocycles. The Kier molecular flexibility index (Phi) is 3.28. The topological polar surface area (TPSA) is 28.2 Å². The second-order valence-corrected chi connectivity index (χ2v) is 5.69. The van der Waals surface area contributed by atoms with Crippen LogP contribution in [0.5, 0.6) is 0 Å². The summed E-state index contributed by atoms with van der Waals surface area (Å²) < 4.78 is 14.1. The molecule has 1 aliphatic heterocycles. The molecule has 0 radical (unpaired) electrons. The van der Waals surface area contributed by atoms with Crippen molar-refractivity contribution >= 4 is 21.6 Å². The highest BCUT2D eigenvalue weighted by atomic mass is 32.1. The molecule has 2 aromatic rings. The molecule has 0 bridgehead atoms. The third kappa shape index (κ3) is 2.25. The van der Waals surface area contributed by atoms with Gasteiger partial charge in [-0.2, -0.15) is 0 Å². The van der Waals surface area contributed by atoms with E-state index in [2.05, 4.69) is 22.1 Å². The van der Waals surface area contributed by atoms with E-state index < -0.39 is 0 Å². The lowest BCUT2D eigenvalue weighted by molar-refractivity contribution is 0.185. The third-order valence-electron chi connectivity index (χ3n) is 3.42. The van der Waals surface area contributed by atoms with Crippen LogP contribution in [0.25, 0.3) is 10.2 Å². The Morgan fingerprint density at radius 3 is 2.94 bits per heavy atom. The summed E-state index contributed by atoms with van der Waals surface area (Å²) >= 11 is 1.60. The van der Waals surface area contributed by atoms with Crippen LogP contribution >= 0.6 is 11.3 Å². The van der Waals surface area contributed by atoms with Gasteiger partial charge in [-0.15, -0.1) is 11.3 Å². The van der Waals surface area contributed by atoms with Gasteiger partial charge in [0.2, 0.25) is 0 Å². The van der Waals surface area contributed by atoms with E-state index >= 15 is 0 Å². The van der Waals surface area contributed by atoms with Gasteiger partial charge in [-0.3, -0.25) is 4.90 Å². The normalized spacial score (nSPS) is 19.2. The molecule has 1 aromatic heterocycles. The Morgan fingerprint density at radius 1 is 1.39 bits per heavy atom. The van der Waals surface area contributed by atoms with Crippen LogP contribution in [-0.4, -0.2) is 36.1 Å². The van der Waals surface area contributed by atoms with Gasteiger partial charge in [0.1, 0.15) is 10.8 Å². The maximum atomic E-state index is 13.2. The molecular weight excluding hydrogens is 249 g/mol. The first-order chi connectivity index (χ1) is 8.74. The molecule has 3 nitrogen and oxygen atoms in total. The molecule has 0 spiro atoms. The molecule has 1 unspecified atom stereocenters. The average Bonchev–Trinajstić information content (AvgIpc) is 2.81. The van der Waals surface area contributed by atoms with Crippen LogP contribution in [-0.2, 0) is 0 Å². The minimum atomic E-state index is -0.187. The number of benzene rings is 1. The van der Waals surface area contributed by atoms with Crippen molar-refractivity contribution in [3.05, 3.63) is 29.0 Å². The fraction of sp³-hybridized carbons (Fsp3) is 0.462. The zero-order valence-corrected chi connectivity index (χ0v) is 11.1. The highest BCUT2D eigenvalue weighted by Gasteiger charge is 2.20. The van der Waals surface area contributed by atoms with Gasteiger partial charge >= 0.3 is 0 Å². The lowest BCUT2D eigenvalue weighted by Crippen LogP contribution is -2.44. The largest absolute Gasteiger partial charge is 0.314 e. The van der Waals surface area contributed by atoms with E-state index in [1.54, 1.807) is 23.5 Å². The van der Waals surface area contributed by atoms with Crippen molar-refractivity contribution in [2.24, 2.45) is 0 Å². The van der Waals surface area contributed by atoms with Crippen LogP contribution in [0.1, 0.15) is 18.0 Å². The zero-order chi connectivity index (χ0) is 12.5. The zero-order valence-electron chi connectivity index (χ0n) is 10.3. The SMILES string of the molecule is CC(c1nc2ccc(F)cc2s1)N1CCNCC1. The van der Waals surface area contributed by atoms with Crippen LogP contribution in [0.3, 0.4) is 0 Å². The van der Waals surface area contributed by atoms with Crippen molar-refractivity contribution in [3.8, 4) is 0 Å². The second-order valence-electron chi connectivity index (χ2n) is 4.63. The second kappa shape index (κ2) is 4.91. The summed E-state index contributed by atoms with van der Waals surface area (Å²) in [6, 6.07) is 5.12. The highest BCUT2D eigenvalue weighted by Crippen LogP contribution is 2.29. The summed E-state index contributed by atoms with van der Waals surface area (Å²) in [6.07, 6.45) is 0. The maximum absolute atomic E-state index is 13.2. The first-order valence-corrected chi connectivity index (χ1v) is 7.06. The maximum Gasteiger partial charge on any atom is 0.124 e. The molecule has 1 fully saturated rings. The molecule has 0 amide bonds. The highest BCUT2D eigenvalue weighted by molar-refractivity contribution is 7.18. The first kappa shape index (κ1) is 12.0. The molecule has 0 saturated carbocycles. The quantitative estimate of drug-likeness (QED) is 0.904. The minimum absolute atomic E-state index is 0.187. The van der Waals surface area contributed by atoms with E-state index in [9.17, 15) is 4.39 Å². The summed E-state index contributed by atoms with van der Waals surface area (Å²) in [5.74, 6) is -0.187. The van der Waals surface area contributed by atoms with Gasteiger partial charge in [0.25, 0.3) is 0 Å². The Morgan fingerprint density at radius 2 is 2.17 bits per heavy atom. The smallest absolute Gasteiger partial charge is 0.124 e. The van der Waals surface area contributed by atoms with Gasteiger partial charge in [-0.1, -0.05) is 0 Å². The van der Waals surface area contributed by atoms with Gasteiger partial charge in [0.15, 0.2) is 0 Å². The molecule has 3 rings (SSSR count). The number of hydrogen-bond donors (Lipinski definition) is 1. The Balaban J connectivity index is 1.88. The van der Waals surface area contributed by atoms with Gasteiger partial charge in [0, 0.05) is 26.2 Å². The number of thiazole rings is 1. The number of piperazine rings is 1. The lowest BCUT2D eigenvalue weighted by Gasteiger charge is -2.31. The average molecular weight is 265 g/mol. The molecule has 1 aliphatic rings. The van der Waals surface area contributed by atoms with E-state index in [0.29, 0.717) is 6.04 Å². The molecule has 2 heterocycles. The first-order valence-electron chi connectivity index (χ1n) is 6.25. The fourth-order valence-corrected chi connectivity index (χ4v) is 3.40. The van der Waals surface area contributed by atoms with Crippen LogP contribution in [0.15, 0.2) is 18.2 Å². The number of halogens is 1. The van der Waals surface area contributed by atoms with E-state index in [0.717, 1.165) is 41.4 Å². The third-order valence-corrected chi connectivity index (χ3v) is 4.61. The van der Waals surface area contributed by atoms with E-state index in [1.165, 1.54) is 6.07 Å². The van der Waals surface area contributed by atoms with E-state index in [-0.39, 0.29) is 5.82 Å². The standard InChI is InChI=1S/C13H16FN3S/c1-9(17-6-4-15-5-7-17)13-16-11-3-2-10(14)8-12(11)18-13/h2-3,8-9,15H,4-7H2,1H3. The molecule has 18 heavy (non-hydrogen) atoms. The Bertz CT molecular complexity index is 548. The monoisotopic (exact) mass is 265 g/mol. The van der Waals surface area contributed by atoms with Crippen molar-refractivity contribution in [1.82, 2.24) is 15.2 Å². The number of hydrogen-bond acceptors (Lipinski definition) is 4. The number of aromatic nitrogens is 1. The number of rotatable bonds is 2. The summed E-state index contributed by atoms with van der Waals surface area (Å²) in [4.78, 5) is 7.04. The molecule has 1 N–H and O–H groups in total. The van der Waals surface area contributed by atoms with Gasteiger partial charge in [-0.05, 0) is 25.1 Å². The predicted octanol–water partition coefficient (Wildman–Crippen LogP) is 2.40. The number of nitrogens with one attached hydrogen (secondary N) is 1. The van der Waals surface area contributed by atoms with Crippen molar-refractivity contribution in [1.29, 1.82) is 0 Å². The predicted molar refractivity (Wildman–Crippen MR) is 72.4 cm³/mol. The van der Waals surface area contributed by atoms with Crippen LogP contribution in [0.4, 0.5) is 4.39 Å². The fourth-order valence-electron chi connectivity index (χ4n) is 2.32. The van der Waals surface area contributed by atoms with Gasteiger partial charge < -0.3 is 5.32 Å². The molecule has 5 heteroatoms. The molecule has 1 aromatic carbocycles. The lowest BCUT2D eigenvalue weighted by atomic mass is 10.2. The summed E-state index contributed by atoms with van der Waals surface area (Å²) in [6.45, 7) is 6.34. The molecular formula is C13H16FN3S. The van der Waals surface area contributed by atoms with Crippen molar-refractivity contribution in [2.75, 3.05) is 26.2 Å². The van der Waals surface area contributed by atoms with Crippen LogP contribution in [0, 0.1) is 5.82 Å². The van der Waals surface area contributed by atoms with Crippen molar-refractivity contribution in [2.45, 2.75) is 13.0 Å². The van der Waals surface area contributed by atoms with Crippen molar-refractivity contribution in [3.63, 3.8) is 0 Å². The van der Waals surface area contributed by atoms with Crippen LogP contribution in [0.2, 0.25) is 0 Å².